The Balaban J connectivity index is 0.000000701. The number of rotatable bonds is 3. The molecule has 0 bridgehead atoms. The number of nitrogens with one attached hydrogen (secondary N) is 1. The maximum Gasteiger partial charge on any atom is 0.149 e. The maximum atomic E-state index is 14.1. The van der Waals surface area contributed by atoms with Gasteiger partial charge in [0.1, 0.15) is 23.5 Å². The minimum absolute atomic E-state index is 0.225. The van der Waals surface area contributed by atoms with Crippen molar-refractivity contribution in [3.63, 3.8) is 0 Å². The fraction of sp³-hybridized carbons (Fsp3) is 0.0556. The third-order valence-corrected chi connectivity index (χ3v) is 3.95. The van der Waals surface area contributed by atoms with Crippen molar-refractivity contribution in [2.45, 2.75) is 6.92 Å². The van der Waals surface area contributed by atoms with Crippen molar-refractivity contribution in [2.75, 3.05) is 5.32 Å². The molecular weight excluding hydrogens is 362 g/mol. The number of hydrogen-bond donors (Lipinski definition) is 1. The summed E-state index contributed by atoms with van der Waals surface area (Å²) in [5.41, 5.74) is 1.77. The highest BCUT2D eigenvalue weighted by Crippen LogP contribution is 2.35. The number of halogens is 3. The van der Waals surface area contributed by atoms with Gasteiger partial charge < -0.3 is 5.32 Å². The smallest absolute Gasteiger partial charge is 0.149 e. The molecular formula is C18H13Cl2FN4. The monoisotopic (exact) mass is 374 g/mol. The van der Waals surface area contributed by atoms with Gasteiger partial charge in [-0.2, -0.15) is 5.26 Å². The highest BCUT2D eigenvalue weighted by molar-refractivity contribution is 6.42. The first-order valence-electron chi connectivity index (χ1n) is 7.10. The zero-order valence-corrected chi connectivity index (χ0v) is 14.7. The SMILES string of the molecule is C=CNc1ncnc2c(F)ccc(-c3ccc(Cl)c(Cl)c3)c12.CC#N. The van der Waals surface area contributed by atoms with Crippen molar-refractivity contribution in [1.29, 1.82) is 5.26 Å². The minimum atomic E-state index is -0.423. The molecule has 3 aromatic rings. The molecule has 0 aliphatic rings. The van der Waals surface area contributed by atoms with Crippen LogP contribution < -0.4 is 5.32 Å². The van der Waals surface area contributed by atoms with E-state index >= 15 is 0 Å². The highest BCUT2D eigenvalue weighted by Gasteiger charge is 2.14. The number of benzene rings is 2. The van der Waals surface area contributed by atoms with Crippen LogP contribution in [0, 0.1) is 17.1 Å². The summed E-state index contributed by atoms with van der Waals surface area (Å²) in [7, 11) is 0. The van der Waals surface area contributed by atoms with Gasteiger partial charge in [-0.3, -0.25) is 0 Å². The fourth-order valence-electron chi connectivity index (χ4n) is 2.25. The minimum Gasteiger partial charge on any atom is -0.347 e. The van der Waals surface area contributed by atoms with E-state index in [9.17, 15) is 4.39 Å². The van der Waals surface area contributed by atoms with Gasteiger partial charge in [0.25, 0.3) is 0 Å². The van der Waals surface area contributed by atoms with Crippen molar-refractivity contribution < 1.29 is 4.39 Å². The van der Waals surface area contributed by atoms with E-state index in [1.54, 1.807) is 24.3 Å². The summed E-state index contributed by atoms with van der Waals surface area (Å²) < 4.78 is 14.1. The Morgan fingerprint density at radius 1 is 1.20 bits per heavy atom. The largest absolute Gasteiger partial charge is 0.347 e. The topological polar surface area (TPSA) is 61.6 Å². The van der Waals surface area contributed by atoms with Gasteiger partial charge in [-0.25, -0.2) is 14.4 Å². The van der Waals surface area contributed by atoms with E-state index in [0.717, 1.165) is 11.1 Å². The van der Waals surface area contributed by atoms with Crippen LogP contribution in [0.5, 0.6) is 0 Å². The van der Waals surface area contributed by atoms with Gasteiger partial charge in [0.15, 0.2) is 0 Å². The van der Waals surface area contributed by atoms with E-state index in [1.807, 2.05) is 6.07 Å². The Morgan fingerprint density at radius 2 is 1.92 bits per heavy atom. The molecule has 0 fully saturated rings. The molecule has 0 aliphatic heterocycles. The number of fused-ring (bicyclic) bond motifs is 1. The second-order valence-corrected chi connectivity index (χ2v) is 5.56. The van der Waals surface area contributed by atoms with E-state index in [2.05, 4.69) is 21.9 Å². The first-order chi connectivity index (χ1) is 12.0. The molecule has 0 saturated heterocycles. The van der Waals surface area contributed by atoms with Gasteiger partial charge in [0, 0.05) is 6.92 Å². The first-order valence-corrected chi connectivity index (χ1v) is 7.86. The summed E-state index contributed by atoms with van der Waals surface area (Å²) in [6, 6.07) is 10.0. The number of nitriles is 1. The van der Waals surface area contributed by atoms with Crippen molar-refractivity contribution >= 4 is 39.9 Å². The molecule has 0 radical (unpaired) electrons. The molecule has 0 amide bonds. The Bertz CT molecular complexity index is 967. The molecule has 0 spiro atoms. The molecule has 2 aromatic carbocycles. The van der Waals surface area contributed by atoms with E-state index < -0.39 is 5.82 Å². The van der Waals surface area contributed by atoms with E-state index in [1.165, 1.54) is 25.5 Å². The van der Waals surface area contributed by atoms with E-state index in [4.69, 9.17) is 28.5 Å². The summed E-state index contributed by atoms with van der Waals surface area (Å²) in [5, 5.41) is 11.7. The Hall–Kier alpha value is -2.68. The maximum absolute atomic E-state index is 14.1. The van der Waals surface area contributed by atoms with Gasteiger partial charge in [0.2, 0.25) is 0 Å². The molecule has 4 nitrogen and oxygen atoms in total. The second-order valence-electron chi connectivity index (χ2n) is 4.74. The lowest BCUT2D eigenvalue weighted by Crippen LogP contribution is -1.97. The Morgan fingerprint density at radius 3 is 2.56 bits per heavy atom. The third kappa shape index (κ3) is 4.05. The summed E-state index contributed by atoms with van der Waals surface area (Å²) in [4.78, 5) is 8.18. The van der Waals surface area contributed by atoms with Crippen molar-refractivity contribution in [3.05, 3.63) is 65.3 Å². The van der Waals surface area contributed by atoms with Gasteiger partial charge in [0.05, 0.1) is 21.5 Å². The quantitative estimate of drug-likeness (QED) is 0.626. The molecule has 25 heavy (non-hydrogen) atoms. The predicted molar refractivity (Wildman–Crippen MR) is 100 cm³/mol. The fourth-order valence-corrected chi connectivity index (χ4v) is 2.55. The molecule has 1 N–H and O–H groups in total. The van der Waals surface area contributed by atoms with Crippen LogP contribution in [-0.2, 0) is 0 Å². The molecule has 0 atom stereocenters. The molecule has 0 unspecified atom stereocenters. The highest BCUT2D eigenvalue weighted by atomic mass is 35.5. The number of aromatic nitrogens is 2. The van der Waals surface area contributed by atoms with Gasteiger partial charge in [-0.15, -0.1) is 0 Å². The van der Waals surface area contributed by atoms with Crippen LogP contribution in [-0.4, -0.2) is 9.97 Å². The molecule has 126 valence electrons. The molecule has 0 saturated carbocycles. The zero-order chi connectivity index (χ0) is 18.4. The van der Waals surface area contributed by atoms with Crippen LogP contribution in [0.3, 0.4) is 0 Å². The molecule has 3 rings (SSSR count). The van der Waals surface area contributed by atoms with Crippen LogP contribution in [0.25, 0.3) is 22.0 Å². The first kappa shape index (κ1) is 18.7. The number of hydrogen-bond acceptors (Lipinski definition) is 4. The van der Waals surface area contributed by atoms with Crippen LogP contribution >= 0.6 is 23.2 Å². The van der Waals surface area contributed by atoms with Crippen LogP contribution in [0.15, 0.2) is 49.4 Å². The van der Waals surface area contributed by atoms with Crippen LogP contribution in [0.1, 0.15) is 6.92 Å². The standard InChI is InChI=1S/C16H10Cl2FN3.C2H3N/c1-2-20-16-14-10(9-3-5-11(17)12(18)7-9)4-6-13(19)15(14)21-8-22-16;1-2-3/h2-8H,1H2,(H,20,21,22);1H3. The summed E-state index contributed by atoms with van der Waals surface area (Å²) in [6.45, 7) is 5.04. The molecule has 1 aromatic heterocycles. The average Bonchev–Trinajstić information content (AvgIpc) is 2.59. The third-order valence-electron chi connectivity index (χ3n) is 3.21. The second kappa shape index (κ2) is 8.43. The summed E-state index contributed by atoms with van der Waals surface area (Å²) in [5.74, 6) is 0.0499. The average molecular weight is 375 g/mol. The predicted octanol–water partition coefficient (Wildman–Crippen LogP) is 5.83. The van der Waals surface area contributed by atoms with E-state index in [-0.39, 0.29) is 5.52 Å². The van der Waals surface area contributed by atoms with Gasteiger partial charge >= 0.3 is 0 Å². The molecule has 1 heterocycles. The van der Waals surface area contributed by atoms with Gasteiger partial charge in [-0.05, 0) is 35.5 Å². The molecule has 0 aliphatic carbocycles. The van der Waals surface area contributed by atoms with Crippen molar-refractivity contribution in [1.82, 2.24) is 9.97 Å². The lowest BCUT2D eigenvalue weighted by Gasteiger charge is -2.11. The van der Waals surface area contributed by atoms with Crippen molar-refractivity contribution in [2.24, 2.45) is 0 Å². The van der Waals surface area contributed by atoms with E-state index in [0.29, 0.717) is 21.2 Å². The lowest BCUT2D eigenvalue weighted by molar-refractivity contribution is 0.636. The summed E-state index contributed by atoms with van der Waals surface area (Å²) >= 11 is 12.0. The normalized spacial score (nSPS) is 9.72. The van der Waals surface area contributed by atoms with Crippen LogP contribution in [0.4, 0.5) is 10.2 Å². The summed E-state index contributed by atoms with van der Waals surface area (Å²) in [6.07, 6.45) is 2.78. The molecule has 7 heteroatoms. The van der Waals surface area contributed by atoms with Crippen molar-refractivity contribution in [3.8, 4) is 17.2 Å². The van der Waals surface area contributed by atoms with Gasteiger partial charge in [-0.1, -0.05) is 41.9 Å². The lowest BCUT2D eigenvalue weighted by atomic mass is 10.0. The Kier molecular flexibility index (Phi) is 6.29. The Labute approximate surface area is 154 Å². The zero-order valence-electron chi connectivity index (χ0n) is 13.2. The number of anilines is 1. The van der Waals surface area contributed by atoms with Crippen LogP contribution in [0.2, 0.25) is 10.0 Å². The number of nitrogens with zero attached hydrogens (tertiary/aromatic N) is 3.